The van der Waals surface area contributed by atoms with E-state index in [9.17, 15) is 4.79 Å². The lowest BCUT2D eigenvalue weighted by Crippen LogP contribution is -2.51. The fourth-order valence-electron chi connectivity index (χ4n) is 3.57. The third-order valence-electron chi connectivity index (χ3n) is 5.23. The number of nitrogens with zero attached hydrogens (tertiary/aromatic N) is 3. The smallest absolute Gasteiger partial charge is 0.320 e. The van der Waals surface area contributed by atoms with Gasteiger partial charge in [0.15, 0.2) is 0 Å². The Morgan fingerprint density at radius 2 is 2.13 bits per heavy atom. The number of halogens is 1. The predicted octanol–water partition coefficient (Wildman–Crippen LogP) is 3.75. The summed E-state index contributed by atoms with van der Waals surface area (Å²) in [4.78, 5) is 17.6. The minimum absolute atomic E-state index is 0.0895. The summed E-state index contributed by atoms with van der Waals surface area (Å²) in [5.74, 6) is 0.136. The molecule has 4 rings (SSSR count). The molecule has 2 aliphatic rings. The van der Waals surface area contributed by atoms with Crippen LogP contribution < -0.4 is 0 Å². The van der Waals surface area contributed by atoms with Crippen LogP contribution in [0.3, 0.4) is 0 Å². The zero-order chi connectivity index (χ0) is 21.3. The van der Waals surface area contributed by atoms with E-state index in [0.717, 1.165) is 23.2 Å². The zero-order valence-electron chi connectivity index (χ0n) is 16.9. The van der Waals surface area contributed by atoms with Gasteiger partial charge >= 0.3 is 5.97 Å². The normalized spacial score (nSPS) is 24.0. The molecule has 0 bridgehead atoms. The van der Waals surface area contributed by atoms with Crippen LogP contribution in [0.4, 0.5) is 0 Å². The lowest BCUT2D eigenvalue weighted by molar-refractivity contribution is -0.148. The molecular formula is C22H24ClN3O4. The number of rotatable bonds is 7. The van der Waals surface area contributed by atoms with Gasteiger partial charge in [0.1, 0.15) is 6.04 Å². The Morgan fingerprint density at radius 1 is 1.37 bits per heavy atom. The SMILES string of the molecule is CC(C)OC1C=CC(c2noc(-c3ccc(CN4CC[C@H]4C(=O)O)cc3)n2)=CC1Cl. The molecule has 2 unspecified atom stereocenters. The molecule has 1 fully saturated rings. The van der Waals surface area contributed by atoms with Crippen molar-refractivity contribution < 1.29 is 19.2 Å². The van der Waals surface area contributed by atoms with E-state index in [0.29, 0.717) is 24.7 Å². The van der Waals surface area contributed by atoms with E-state index in [4.69, 9.17) is 26.0 Å². The number of hydrogen-bond acceptors (Lipinski definition) is 6. The van der Waals surface area contributed by atoms with Crippen LogP contribution in [-0.2, 0) is 16.1 Å². The van der Waals surface area contributed by atoms with Crippen molar-refractivity contribution in [3.05, 3.63) is 53.9 Å². The largest absolute Gasteiger partial charge is 0.480 e. The minimum atomic E-state index is -0.761. The summed E-state index contributed by atoms with van der Waals surface area (Å²) in [7, 11) is 0. The van der Waals surface area contributed by atoms with Gasteiger partial charge in [-0.3, -0.25) is 9.69 Å². The van der Waals surface area contributed by atoms with Crippen LogP contribution in [0, 0.1) is 0 Å². The summed E-state index contributed by atoms with van der Waals surface area (Å²) in [6.45, 7) is 5.36. The Labute approximate surface area is 180 Å². The number of hydrogen-bond donors (Lipinski definition) is 1. The highest BCUT2D eigenvalue weighted by Crippen LogP contribution is 2.27. The maximum atomic E-state index is 11.1. The summed E-state index contributed by atoms with van der Waals surface area (Å²) >= 11 is 6.42. The molecule has 0 amide bonds. The number of carboxylic acid groups (broad SMARTS) is 1. The van der Waals surface area contributed by atoms with E-state index in [1.165, 1.54) is 0 Å². The molecule has 7 nitrogen and oxygen atoms in total. The fraction of sp³-hybridized carbons (Fsp3) is 0.409. The second-order valence-electron chi connectivity index (χ2n) is 7.81. The quantitative estimate of drug-likeness (QED) is 0.670. The maximum absolute atomic E-state index is 11.1. The van der Waals surface area contributed by atoms with Gasteiger partial charge in [0.25, 0.3) is 5.89 Å². The topological polar surface area (TPSA) is 88.7 Å². The second-order valence-corrected chi connectivity index (χ2v) is 8.31. The Balaban J connectivity index is 1.42. The molecule has 1 aromatic heterocycles. The van der Waals surface area contributed by atoms with Crippen LogP contribution >= 0.6 is 11.6 Å². The maximum Gasteiger partial charge on any atom is 0.320 e. The highest BCUT2D eigenvalue weighted by Gasteiger charge is 2.33. The number of carboxylic acids is 1. The molecule has 0 saturated carbocycles. The van der Waals surface area contributed by atoms with E-state index in [-0.39, 0.29) is 23.6 Å². The monoisotopic (exact) mass is 429 g/mol. The van der Waals surface area contributed by atoms with Crippen molar-refractivity contribution in [3.8, 4) is 11.5 Å². The Hall–Kier alpha value is -2.48. The van der Waals surface area contributed by atoms with E-state index < -0.39 is 5.97 Å². The van der Waals surface area contributed by atoms with Crippen molar-refractivity contribution in [2.75, 3.05) is 6.54 Å². The first-order valence-corrected chi connectivity index (χ1v) is 10.4. The Kier molecular flexibility index (Phi) is 6.04. The summed E-state index contributed by atoms with van der Waals surface area (Å²) in [6.07, 6.45) is 6.30. The molecule has 2 heterocycles. The number of ether oxygens (including phenoxy) is 1. The number of alkyl halides is 1. The van der Waals surface area contributed by atoms with Crippen LogP contribution in [0.2, 0.25) is 0 Å². The van der Waals surface area contributed by atoms with Gasteiger partial charge < -0.3 is 14.4 Å². The molecule has 3 atom stereocenters. The molecule has 30 heavy (non-hydrogen) atoms. The van der Waals surface area contributed by atoms with Crippen LogP contribution in [0.1, 0.15) is 31.7 Å². The lowest BCUT2D eigenvalue weighted by atomic mass is 10.0. The molecule has 1 aliphatic carbocycles. The van der Waals surface area contributed by atoms with Crippen molar-refractivity contribution in [1.82, 2.24) is 15.0 Å². The Bertz CT molecular complexity index is 967. The number of aromatic nitrogens is 2. The minimum Gasteiger partial charge on any atom is -0.480 e. The van der Waals surface area contributed by atoms with Crippen molar-refractivity contribution >= 4 is 23.1 Å². The van der Waals surface area contributed by atoms with Gasteiger partial charge in [0.05, 0.1) is 17.6 Å². The van der Waals surface area contributed by atoms with E-state index >= 15 is 0 Å². The molecular weight excluding hydrogens is 406 g/mol. The average Bonchev–Trinajstić information content (AvgIpc) is 3.17. The van der Waals surface area contributed by atoms with Gasteiger partial charge in [0.2, 0.25) is 5.82 Å². The van der Waals surface area contributed by atoms with Crippen molar-refractivity contribution in [1.29, 1.82) is 0 Å². The van der Waals surface area contributed by atoms with Crippen LogP contribution in [-0.4, -0.2) is 56.3 Å². The summed E-state index contributed by atoms with van der Waals surface area (Å²) in [6, 6.07) is 7.35. The lowest BCUT2D eigenvalue weighted by Gasteiger charge is -2.37. The first kappa shape index (κ1) is 20.8. The van der Waals surface area contributed by atoms with Crippen LogP contribution in [0.25, 0.3) is 17.0 Å². The van der Waals surface area contributed by atoms with E-state index in [1.54, 1.807) is 0 Å². The Morgan fingerprint density at radius 3 is 2.73 bits per heavy atom. The second kappa shape index (κ2) is 8.71. The van der Waals surface area contributed by atoms with Gasteiger partial charge in [-0.2, -0.15) is 4.98 Å². The molecule has 158 valence electrons. The first-order chi connectivity index (χ1) is 14.4. The zero-order valence-corrected chi connectivity index (χ0v) is 17.6. The predicted molar refractivity (Wildman–Crippen MR) is 113 cm³/mol. The van der Waals surface area contributed by atoms with Gasteiger partial charge in [0, 0.05) is 24.2 Å². The molecule has 8 heteroatoms. The highest BCUT2D eigenvalue weighted by molar-refractivity contribution is 6.23. The van der Waals surface area contributed by atoms with Crippen LogP contribution in [0.15, 0.2) is 47.0 Å². The first-order valence-electron chi connectivity index (χ1n) is 10.0. The number of benzene rings is 1. The molecule has 2 aromatic rings. The number of allylic oxidation sites excluding steroid dienone is 2. The van der Waals surface area contributed by atoms with Gasteiger partial charge in [-0.05, 0) is 38.0 Å². The van der Waals surface area contributed by atoms with Crippen molar-refractivity contribution in [2.24, 2.45) is 0 Å². The van der Waals surface area contributed by atoms with Crippen LogP contribution in [0.5, 0.6) is 0 Å². The summed E-state index contributed by atoms with van der Waals surface area (Å²) in [5, 5.41) is 12.9. The van der Waals surface area contributed by atoms with E-state index in [1.807, 2.05) is 61.2 Å². The molecule has 1 N–H and O–H groups in total. The van der Waals surface area contributed by atoms with E-state index in [2.05, 4.69) is 10.1 Å². The van der Waals surface area contributed by atoms with Crippen molar-refractivity contribution in [3.63, 3.8) is 0 Å². The molecule has 1 saturated heterocycles. The molecule has 1 aromatic carbocycles. The summed E-state index contributed by atoms with van der Waals surface area (Å²) < 4.78 is 11.2. The standard InChI is InChI=1S/C22H24ClN3O4/c1-13(2)29-19-8-7-16(11-17(19)23)20-24-21(30-25-20)15-5-3-14(4-6-15)12-26-10-9-18(26)22(27)28/h3-8,11,13,17-19H,9-10,12H2,1-2H3,(H,27,28)/t17?,18-,19?/m0/s1. The molecule has 1 aliphatic heterocycles. The highest BCUT2D eigenvalue weighted by atomic mass is 35.5. The molecule has 0 spiro atoms. The van der Waals surface area contributed by atoms with Gasteiger partial charge in [-0.1, -0.05) is 35.5 Å². The van der Waals surface area contributed by atoms with Crippen molar-refractivity contribution in [2.45, 2.75) is 50.4 Å². The van der Waals surface area contributed by atoms with Gasteiger partial charge in [-0.25, -0.2) is 0 Å². The third kappa shape index (κ3) is 4.48. The summed E-state index contributed by atoms with van der Waals surface area (Å²) in [5.41, 5.74) is 2.64. The molecule has 0 radical (unpaired) electrons. The number of likely N-dealkylation sites (tertiary alicyclic amines) is 1. The van der Waals surface area contributed by atoms with Gasteiger partial charge in [-0.15, -0.1) is 11.6 Å². The number of carbonyl (C=O) groups is 1. The average molecular weight is 430 g/mol. The number of aliphatic carboxylic acids is 1. The third-order valence-corrected chi connectivity index (χ3v) is 5.61. The fourth-order valence-corrected chi connectivity index (χ4v) is 3.84.